The third-order valence-corrected chi connectivity index (χ3v) is 7.78. The van der Waals surface area contributed by atoms with Gasteiger partial charge < -0.3 is 23.7 Å². The highest BCUT2D eigenvalue weighted by Gasteiger charge is 2.35. The standard InChI is InChI=1S/C28H30F4O10S/c1-15(2)14-39-43(35,36)26-23(31)21(29)25(22(30)24(26)32)40-20-12-16(27(33)41-18-3-7-37-8-4-18)11-17(13-20)28(34)42-19-5-9-38-10-6-19/h11-13,15,18-19H,3-10,14H2,1-2H3. The third-order valence-electron chi connectivity index (χ3n) is 6.47. The molecule has 0 amide bonds. The van der Waals surface area contributed by atoms with Crippen LogP contribution in [0.5, 0.6) is 11.5 Å². The van der Waals surface area contributed by atoms with Crippen molar-refractivity contribution in [3.05, 3.63) is 52.6 Å². The summed E-state index contributed by atoms with van der Waals surface area (Å²) in [6, 6.07) is 3.00. The topological polar surface area (TPSA) is 124 Å². The lowest BCUT2D eigenvalue weighted by Gasteiger charge is -2.23. The summed E-state index contributed by atoms with van der Waals surface area (Å²) in [5.74, 6) is -13.4. The molecular formula is C28H30F4O10S. The quantitative estimate of drug-likeness (QED) is 0.152. The third kappa shape index (κ3) is 8.02. The van der Waals surface area contributed by atoms with E-state index in [1.807, 2.05) is 0 Å². The first kappa shape index (κ1) is 32.6. The molecule has 2 aliphatic heterocycles. The first-order valence-electron chi connectivity index (χ1n) is 13.5. The van der Waals surface area contributed by atoms with Gasteiger partial charge in [-0.15, -0.1) is 0 Å². The Balaban J connectivity index is 1.69. The minimum Gasteiger partial charge on any atom is -0.459 e. The van der Waals surface area contributed by atoms with Crippen LogP contribution < -0.4 is 4.74 Å². The number of carbonyl (C=O) groups is 2. The van der Waals surface area contributed by atoms with Gasteiger partial charge in [-0.2, -0.15) is 17.2 Å². The molecule has 2 aliphatic rings. The Morgan fingerprint density at radius 3 is 1.65 bits per heavy atom. The molecule has 0 N–H and O–H groups in total. The van der Waals surface area contributed by atoms with Gasteiger partial charge in [-0.25, -0.2) is 18.4 Å². The summed E-state index contributed by atoms with van der Waals surface area (Å²) in [6.07, 6.45) is 0.623. The van der Waals surface area contributed by atoms with Gasteiger partial charge in [0.15, 0.2) is 16.5 Å². The number of hydrogen-bond acceptors (Lipinski definition) is 10. The van der Waals surface area contributed by atoms with Gasteiger partial charge in [-0.3, -0.25) is 4.18 Å². The summed E-state index contributed by atoms with van der Waals surface area (Å²) in [5.41, 5.74) is -0.572. The molecule has 4 rings (SSSR count). The number of rotatable bonds is 10. The zero-order valence-corrected chi connectivity index (χ0v) is 24.1. The summed E-state index contributed by atoms with van der Waals surface area (Å²) in [7, 11) is -5.24. The molecule has 0 aromatic heterocycles. The Kier molecular flexibility index (Phi) is 10.6. The number of halogens is 4. The second-order valence-electron chi connectivity index (χ2n) is 10.3. The van der Waals surface area contributed by atoms with Crippen molar-refractivity contribution in [1.82, 2.24) is 0 Å². The maximum atomic E-state index is 15.0. The van der Waals surface area contributed by atoms with E-state index in [1.165, 1.54) is 0 Å². The molecular weight excluding hydrogens is 604 g/mol. The summed E-state index contributed by atoms with van der Waals surface area (Å²) in [6.45, 7) is 4.00. The van der Waals surface area contributed by atoms with Crippen LogP contribution in [0.15, 0.2) is 23.1 Å². The molecule has 0 saturated carbocycles. The van der Waals surface area contributed by atoms with Crippen molar-refractivity contribution in [2.45, 2.75) is 56.6 Å². The summed E-state index contributed by atoms with van der Waals surface area (Å²) >= 11 is 0. The van der Waals surface area contributed by atoms with E-state index < -0.39 is 86.5 Å². The van der Waals surface area contributed by atoms with Crippen molar-refractivity contribution in [2.24, 2.45) is 5.92 Å². The van der Waals surface area contributed by atoms with Crippen molar-refractivity contribution in [3.8, 4) is 11.5 Å². The Bertz CT molecular complexity index is 1370. The lowest BCUT2D eigenvalue weighted by molar-refractivity contribution is -0.0160. The molecule has 2 heterocycles. The average molecular weight is 635 g/mol. The van der Waals surface area contributed by atoms with Crippen LogP contribution in [-0.4, -0.2) is 65.6 Å². The summed E-state index contributed by atoms with van der Waals surface area (Å²) in [4.78, 5) is 23.9. The maximum absolute atomic E-state index is 15.0. The van der Waals surface area contributed by atoms with E-state index in [9.17, 15) is 26.8 Å². The van der Waals surface area contributed by atoms with Crippen LogP contribution in [0, 0.1) is 29.2 Å². The van der Waals surface area contributed by atoms with Gasteiger partial charge in [0.05, 0.1) is 44.2 Å². The number of esters is 2. The molecule has 236 valence electrons. The van der Waals surface area contributed by atoms with Crippen molar-refractivity contribution in [1.29, 1.82) is 0 Å². The minimum absolute atomic E-state index is 0.286. The smallest absolute Gasteiger partial charge is 0.338 e. The average Bonchev–Trinajstić information content (AvgIpc) is 2.98. The van der Waals surface area contributed by atoms with E-state index in [-0.39, 0.29) is 11.1 Å². The second kappa shape index (κ2) is 14.0. The van der Waals surface area contributed by atoms with Crippen molar-refractivity contribution in [3.63, 3.8) is 0 Å². The monoisotopic (exact) mass is 634 g/mol. The van der Waals surface area contributed by atoms with E-state index in [0.29, 0.717) is 52.1 Å². The Hall–Kier alpha value is -3.27. The van der Waals surface area contributed by atoms with Gasteiger partial charge in [0.1, 0.15) is 18.0 Å². The summed E-state index contributed by atoms with van der Waals surface area (Å²) < 4.78 is 115. The highest BCUT2D eigenvalue weighted by molar-refractivity contribution is 7.86. The van der Waals surface area contributed by atoms with Crippen molar-refractivity contribution < 1.29 is 63.4 Å². The fourth-order valence-corrected chi connectivity index (χ4v) is 5.41. The molecule has 0 aliphatic carbocycles. The van der Waals surface area contributed by atoms with Crippen LogP contribution in [0.1, 0.15) is 60.2 Å². The van der Waals surface area contributed by atoms with Gasteiger partial charge >= 0.3 is 22.1 Å². The van der Waals surface area contributed by atoms with Crippen LogP contribution in [0.4, 0.5) is 17.6 Å². The fraction of sp³-hybridized carbons (Fsp3) is 0.500. The Morgan fingerprint density at radius 2 is 1.23 bits per heavy atom. The van der Waals surface area contributed by atoms with Crippen molar-refractivity contribution in [2.75, 3.05) is 33.0 Å². The SMILES string of the molecule is CC(C)COS(=O)(=O)c1c(F)c(F)c(Oc2cc(C(=O)OC3CCOCC3)cc(C(=O)OC3CCOCC3)c2)c(F)c1F. The zero-order valence-electron chi connectivity index (χ0n) is 23.3. The molecule has 2 saturated heterocycles. The van der Waals surface area contributed by atoms with Crippen LogP contribution >= 0.6 is 0 Å². The highest BCUT2D eigenvalue weighted by atomic mass is 32.2. The van der Waals surface area contributed by atoms with Crippen LogP contribution in [0.25, 0.3) is 0 Å². The summed E-state index contributed by atoms with van der Waals surface area (Å²) in [5, 5.41) is 0. The van der Waals surface area contributed by atoms with Gasteiger partial charge in [0.25, 0.3) is 0 Å². The maximum Gasteiger partial charge on any atom is 0.338 e. The van der Waals surface area contributed by atoms with E-state index in [1.54, 1.807) is 13.8 Å². The predicted molar refractivity (Wildman–Crippen MR) is 139 cm³/mol. The normalized spacial score (nSPS) is 16.7. The van der Waals surface area contributed by atoms with E-state index in [0.717, 1.165) is 18.2 Å². The van der Waals surface area contributed by atoms with Crippen LogP contribution in [0.3, 0.4) is 0 Å². The van der Waals surface area contributed by atoms with Gasteiger partial charge in [-0.05, 0) is 24.1 Å². The number of benzene rings is 2. The number of hydrogen-bond donors (Lipinski definition) is 0. The van der Waals surface area contributed by atoms with E-state index >= 15 is 8.78 Å². The molecule has 0 atom stereocenters. The minimum atomic E-state index is -5.24. The number of carbonyl (C=O) groups excluding carboxylic acids is 2. The fourth-order valence-electron chi connectivity index (χ4n) is 4.22. The van der Waals surface area contributed by atoms with Crippen LogP contribution in [0.2, 0.25) is 0 Å². The highest BCUT2D eigenvalue weighted by Crippen LogP contribution is 2.37. The first-order chi connectivity index (χ1) is 20.4. The largest absolute Gasteiger partial charge is 0.459 e. The van der Waals surface area contributed by atoms with E-state index in [2.05, 4.69) is 4.18 Å². The van der Waals surface area contributed by atoms with Gasteiger partial charge in [-0.1, -0.05) is 13.8 Å². The Morgan fingerprint density at radius 1 is 0.791 bits per heavy atom. The second-order valence-corrected chi connectivity index (χ2v) is 11.9. The Labute approximate surface area is 245 Å². The predicted octanol–water partition coefficient (Wildman–Crippen LogP) is 5.07. The number of ether oxygens (including phenoxy) is 5. The van der Waals surface area contributed by atoms with Crippen molar-refractivity contribution >= 4 is 22.1 Å². The molecule has 0 radical (unpaired) electrons. The first-order valence-corrected chi connectivity index (χ1v) is 14.9. The van der Waals surface area contributed by atoms with Gasteiger partial charge in [0.2, 0.25) is 17.4 Å². The van der Waals surface area contributed by atoms with Crippen LogP contribution in [-0.2, 0) is 33.2 Å². The molecule has 2 aromatic rings. The lowest BCUT2D eigenvalue weighted by Crippen LogP contribution is -2.27. The molecule has 2 aromatic carbocycles. The van der Waals surface area contributed by atoms with E-state index in [4.69, 9.17) is 23.7 Å². The van der Waals surface area contributed by atoms with Gasteiger partial charge in [0, 0.05) is 25.7 Å². The zero-order chi connectivity index (χ0) is 31.3. The molecule has 2 fully saturated rings. The molecule has 0 spiro atoms. The molecule has 15 heteroatoms. The molecule has 43 heavy (non-hydrogen) atoms. The molecule has 0 bridgehead atoms. The lowest BCUT2D eigenvalue weighted by atomic mass is 10.1. The molecule has 0 unspecified atom stereocenters. The molecule has 10 nitrogen and oxygen atoms in total.